The van der Waals surface area contributed by atoms with E-state index in [0.717, 1.165) is 34.9 Å². The van der Waals surface area contributed by atoms with Gasteiger partial charge in [-0.25, -0.2) is 0 Å². The van der Waals surface area contributed by atoms with Gasteiger partial charge in [-0.1, -0.05) is 24.3 Å². The lowest BCUT2D eigenvalue weighted by Crippen LogP contribution is -3.00. The normalized spacial score (nSPS) is 10.9. The molecule has 0 saturated carbocycles. The molecule has 0 spiro atoms. The number of amides is 1. The van der Waals surface area contributed by atoms with Gasteiger partial charge in [-0.05, 0) is 11.5 Å². The van der Waals surface area contributed by atoms with E-state index < -0.39 is 0 Å². The van der Waals surface area contributed by atoms with Crippen LogP contribution in [0.2, 0.25) is 0 Å². The molecule has 0 atom stereocenters. The molecule has 6 nitrogen and oxygen atoms in total. The minimum Gasteiger partial charge on any atom is -1.00 e. The monoisotopic (exact) mass is 351 g/mol. The third-order valence-corrected chi connectivity index (χ3v) is 3.95. The van der Waals surface area contributed by atoms with Crippen LogP contribution in [0.15, 0.2) is 36.4 Å². The summed E-state index contributed by atoms with van der Waals surface area (Å²) in [5.41, 5.74) is 1.24. The van der Waals surface area contributed by atoms with Gasteiger partial charge < -0.3 is 22.2 Å². The van der Waals surface area contributed by atoms with Gasteiger partial charge in [0.2, 0.25) is 6.41 Å². The van der Waals surface area contributed by atoms with Crippen molar-refractivity contribution in [3.8, 4) is 0 Å². The van der Waals surface area contributed by atoms with E-state index in [1.807, 2.05) is 18.2 Å². The highest BCUT2D eigenvalue weighted by molar-refractivity contribution is 5.93. The molecule has 0 aromatic heterocycles. The summed E-state index contributed by atoms with van der Waals surface area (Å²) >= 11 is 0. The van der Waals surface area contributed by atoms with E-state index in [1.165, 1.54) is 6.07 Å². The van der Waals surface area contributed by atoms with Gasteiger partial charge in [0.15, 0.2) is 0 Å². The molecule has 0 bridgehead atoms. The molecule has 0 aliphatic carbocycles. The van der Waals surface area contributed by atoms with Gasteiger partial charge in [-0.2, -0.15) is 0 Å². The largest absolute Gasteiger partial charge is 1.00 e. The quantitative estimate of drug-likeness (QED) is 0.228. The van der Waals surface area contributed by atoms with E-state index in [0.29, 0.717) is 18.3 Å². The maximum absolute atomic E-state index is 11.2. The van der Waals surface area contributed by atoms with Gasteiger partial charge in [0.25, 0.3) is 5.69 Å². The zero-order chi connectivity index (χ0) is 16.9. The summed E-state index contributed by atoms with van der Waals surface area (Å²) in [5.74, 6) is 0. The second kappa shape index (κ2) is 8.61. The number of nitrogens with one attached hydrogen (secondary N) is 1. The van der Waals surface area contributed by atoms with E-state index >= 15 is 0 Å². The molecule has 2 aromatic rings. The number of nitro benzene ring substituents is 1. The fourth-order valence-corrected chi connectivity index (χ4v) is 2.86. The van der Waals surface area contributed by atoms with Crippen LogP contribution < -0.4 is 17.7 Å². The van der Waals surface area contributed by atoms with E-state index in [4.69, 9.17) is 0 Å². The number of carbonyl (C=O) groups is 1. The molecule has 0 radical (unpaired) electrons. The van der Waals surface area contributed by atoms with E-state index in [9.17, 15) is 14.9 Å². The number of halogens is 1. The van der Waals surface area contributed by atoms with E-state index in [-0.39, 0.29) is 23.0 Å². The van der Waals surface area contributed by atoms with Crippen molar-refractivity contribution in [2.24, 2.45) is 0 Å². The van der Waals surface area contributed by atoms with Gasteiger partial charge >= 0.3 is 0 Å². The molecule has 1 N–H and O–H groups in total. The van der Waals surface area contributed by atoms with Crippen LogP contribution in [-0.2, 0) is 11.3 Å². The van der Waals surface area contributed by atoms with Crippen molar-refractivity contribution < 1.29 is 26.6 Å². The third-order valence-electron chi connectivity index (χ3n) is 3.95. The molecule has 0 fully saturated rings. The van der Waals surface area contributed by atoms with Crippen molar-refractivity contribution in [1.29, 1.82) is 0 Å². The zero-order valence-corrected chi connectivity index (χ0v) is 14.6. The Morgan fingerprint density at radius 2 is 1.83 bits per heavy atom. The first-order valence-electron chi connectivity index (χ1n) is 7.59. The first-order valence-corrected chi connectivity index (χ1v) is 7.59. The third kappa shape index (κ3) is 4.91. The molecule has 2 rings (SSSR count). The van der Waals surface area contributed by atoms with Crippen molar-refractivity contribution in [2.45, 2.75) is 13.0 Å². The average Bonchev–Trinajstić information content (AvgIpc) is 2.51. The first-order chi connectivity index (χ1) is 10.9. The molecular formula is C17H22ClN3O3. The van der Waals surface area contributed by atoms with Crippen LogP contribution >= 0.6 is 0 Å². The molecule has 0 heterocycles. The lowest BCUT2D eigenvalue weighted by atomic mass is 10.0. The molecule has 0 aliphatic heterocycles. The molecule has 0 saturated heterocycles. The maximum atomic E-state index is 11.2. The summed E-state index contributed by atoms with van der Waals surface area (Å²) in [4.78, 5) is 21.1. The minimum atomic E-state index is -0.336. The van der Waals surface area contributed by atoms with Gasteiger partial charge in [-0.15, -0.1) is 0 Å². The summed E-state index contributed by atoms with van der Waals surface area (Å²) in [6.07, 6.45) is 1.60. The number of rotatable bonds is 8. The Bertz CT molecular complexity index is 719. The molecule has 130 valence electrons. The van der Waals surface area contributed by atoms with Gasteiger partial charge in [0.1, 0.15) is 6.54 Å². The SMILES string of the molecule is C[N+](C)(CCCNC=O)Cc1cccc2c([N+](=O)[O-])cccc12.[Cl-]. The molecule has 0 unspecified atom stereocenters. The predicted molar refractivity (Wildman–Crippen MR) is 90.0 cm³/mol. The number of benzene rings is 2. The summed E-state index contributed by atoms with van der Waals surface area (Å²) < 4.78 is 0.752. The Balaban J connectivity index is 0.00000288. The number of carbonyl (C=O) groups excluding carboxylic acids is 1. The summed E-state index contributed by atoms with van der Waals surface area (Å²) in [7, 11) is 4.24. The highest BCUT2D eigenvalue weighted by Gasteiger charge is 2.19. The number of nitro groups is 1. The topological polar surface area (TPSA) is 72.2 Å². The summed E-state index contributed by atoms with van der Waals surface area (Å²) in [5, 5.41) is 15.5. The van der Waals surface area contributed by atoms with Gasteiger partial charge in [0.05, 0.1) is 30.9 Å². The van der Waals surface area contributed by atoms with Crippen LogP contribution in [-0.4, -0.2) is 43.0 Å². The van der Waals surface area contributed by atoms with Crippen LogP contribution in [0.5, 0.6) is 0 Å². The Kier molecular flexibility index (Phi) is 7.13. The predicted octanol–water partition coefficient (Wildman–Crippen LogP) is -0.535. The van der Waals surface area contributed by atoms with Crippen LogP contribution in [0.25, 0.3) is 10.8 Å². The molecule has 1 amide bonds. The summed E-state index contributed by atoms with van der Waals surface area (Å²) in [6, 6.07) is 10.9. The second-order valence-corrected chi connectivity index (χ2v) is 6.29. The number of quaternary nitrogens is 1. The highest BCUT2D eigenvalue weighted by atomic mass is 35.5. The van der Waals surface area contributed by atoms with E-state index in [1.54, 1.807) is 12.1 Å². The standard InChI is InChI=1S/C17H21N3O3.ClH/c1-20(2,11-5-10-18-13-21)12-14-6-3-8-16-15(14)7-4-9-17(16)19(22)23;/h3-4,6-9,13H,5,10-12H2,1-2H3;1H. The number of hydrogen-bond donors (Lipinski definition) is 1. The number of nitrogens with zero attached hydrogens (tertiary/aromatic N) is 2. The van der Waals surface area contributed by atoms with Crippen LogP contribution in [0.4, 0.5) is 5.69 Å². The average molecular weight is 352 g/mol. The molecule has 0 aliphatic rings. The minimum absolute atomic E-state index is 0. The van der Waals surface area contributed by atoms with Crippen LogP contribution in [0.1, 0.15) is 12.0 Å². The number of fused-ring (bicyclic) bond motifs is 1. The Morgan fingerprint density at radius 3 is 2.50 bits per heavy atom. The lowest BCUT2D eigenvalue weighted by Gasteiger charge is -2.30. The van der Waals surface area contributed by atoms with Crippen LogP contribution in [0, 0.1) is 10.1 Å². The molecule has 7 heteroatoms. The maximum Gasteiger partial charge on any atom is 0.277 e. The molecular weight excluding hydrogens is 330 g/mol. The van der Waals surface area contributed by atoms with Crippen molar-refractivity contribution in [3.63, 3.8) is 0 Å². The van der Waals surface area contributed by atoms with Crippen molar-refractivity contribution in [2.75, 3.05) is 27.2 Å². The van der Waals surface area contributed by atoms with Gasteiger partial charge in [-0.3, -0.25) is 14.9 Å². The fraction of sp³-hybridized carbons (Fsp3) is 0.353. The first kappa shape index (κ1) is 19.9. The fourth-order valence-electron chi connectivity index (χ4n) is 2.86. The van der Waals surface area contributed by atoms with Crippen molar-refractivity contribution >= 4 is 22.9 Å². The zero-order valence-electron chi connectivity index (χ0n) is 13.9. The Labute approximate surface area is 147 Å². The van der Waals surface area contributed by atoms with E-state index in [2.05, 4.69) is 19.4 Å². The highest BCUT2D eigenvalue weighted by Crippen LogP contribution is 2.29. The molecule has 2 aromatic carbocycles. The van der Waals surface area contributed by atoms with Crippen LogP contribution in [0.3, 0.4) is 0 Å². The second-order valence-electron chi connectivity index (χ2n) is 6.29. The van der Waals surface area contributed by atoms with Crippen molar-refractivity contribution in [1.82, 2.24) is 5.32 Å². The Morgan fingerprint density at radius 1 is 1.17 bits per heavy atom. The summed E-state index contributed by atoms with van der Waals surface area (Å²) in [6.45, 7) is 2.35. The number of non-ortho nitro benzene ring substituents is 1. The van der Waals surface area contributed by atoms with Gasteiger partial charge in [0, 0.05) is 24.6 Å². The van der Waals surface area contributed by atoms with Crippen molar-refractivity contribution in [3.05, 3.63) is 52.1 Å². The molecule has 24 heavy (non-hydrogen) atoms. The smallest absolute Gasteiger partial charge is 0.277 e. The lowest BCUT2D eigenvalue weighted by molar-refractivity contribution is -0.903. The Hall–Kier alpha value is -2.18. The number of hydrogen-bond acceptors (Lipinski definition) is 3.